The summed E-state index contributed by atoms with van der Waals surface area (Å²) >= 11 is 6.29. The van der Waals surface area contributed by atoms with E-state index in [9.17, 15) is 9.59 Å². The summed E-state index contributed by atoms with van der Waals surface area (Å²) in [5.74, 6) is 0.749. The molecule has 11 heteroatoms. The molecule has 39 heavy (non-hydrogen) atoms. The zero-order valence-electron chi connectivity index (χ0n) is 24.0. The van der Waals surface area contributed by atoms with Gasteiger partial charge in [-0.2, -0.15) is 0 Å². The van der Waals surface area contributed by atoms with E-state index in [2.05, 4.69) is 14.9 Å². The largest absolute Gasteiger partial charge is 0.444 e. The lowest BCUT2D eigenvalue weighted by Crippen LogP contribution is -2.42. The molecule has 1 fully saturated rings. The van der Waals surface area contributed by atoms with Crippen LogP contribution in [0, 0.1) is 0 Å². The summed E-state index contributed by atoms with van der Waals surface area (Å²) in [7, 11) is 1.65. The van der Waals surface area contributed by atoms with E-state index < -0.39 is 23.4 Å². The number of likely N-dealkylation sites (N-methyl/N-ethyl adjacent to an activating group) is 1. The van der Waals surface area contributed by atoms with Gasteiger partial charge in [-0.05, 0) is 64.8 Å². The molecule has 1 aromatic heterocycles. The third kappa shape index (κ3) is 9.85. The summed E-state index contributed by atoms with van der Waals surface area (Å²) in [4.78, 5) is 39.5. The Morgan fingerprint density at radius 3 is 2.26 bits per heavy atom. The average Bonchev–Trinajstić information content (AvgIpc) is 2.84. The van der Waals surface area contributed by atoms with Gasteiger partial charge >= 0.3 is 12.2 Å². The van der Waals surface area contributed by atoms with Crippen LogP contribution < -0.4 is 4.90 Å². The lowest BCUT2D eigenvalue weighted by Gasteiger charge is -2.30. The second-order valence-electron chi connectivity index (χ2n) is 11.5. The SMILES string of the molecule is CN(CCN(Cc1cccc(-c2cc(N3CCOCC3)nc(Cl)n2)c1)C(=O)OC(C)(C)C)C(=O)OC(C)(C)C. The van der Waals surface area contributed by atoms with Crippen LogP contribution in [0.4, 0.5) is 15.4 Å². The number of nitrogens with zero attached hydrogens (tertiary/aromatic N) is 5. The van der Waals surface area contributed by atoms with Gasteiger partial charge in [0.1, 0.15) is 17.0 Å². The van der Waals surface area contributed by atoms with Gasteiger partial charge < -0.3 is 28.9 Å². The van der Waals surface area contributed by atoms with Crippen LogP contribution in [0.3, 0.4) is 0 Å². The van der Waals surface area contributed by atoms with Crippen molar-refractivity contribution in [2.45, 2.75) is 59.3 Å². The molecule has 2 heterocycles. The monoisotopic (exact) mass is 561 g/mol. The van der Waals surface area contributed by atoms with E-state index in [-0.39, 0.29) is 24.9 Å². The van der Waals surface area contributed by atoms with Crippen molar-refractivity contribution in [3.63, 3.8) is 0 Å². The van der Waals surface area contributed by atoms with Crippen LogP contribution in [-0.2, 0) is 20.8 Å². The summed E-state index contributed by atoms with van der Waals surface area (Å²) in [6, 6.07) is 9.67. The Labute approximate surface area is 236 Å². The van der Waals surface area contributed by atoms with E-state index in [4.69, 9.17) is 25.8 Å². The molecule has 0 unspecified atom stereocenters. The van der Waals surface area contributed by atoms with Crippen molar-refractivity contribution in [1.29, 1.82) is 0 Å². The molecule has 2 amide bonds. The second kappa shape index (κ2) is 12.8. The molecule has 1 aliphatic heterocycles. The molecule has 1 aliphatic rings. The van der Waals surface area contributed by atoms with Crippen molar-refractivity contribution in [2.24, 2.45) is 0 Å². The van der Waals surface area contributed by atoms with Crippen LogP contribution in [-0.4, -0.2) is 89.6 Å². The lowest BCUT2D eigenvalue weighted by molar-refractivity contribution is 0.0152. The Morgan fingerprint density at radius 2 is 1.62 bits per heavy atom. The van der Waals surface area contributed by atoms with Crippen LogP contribution in [0.15, 0.2) is 30.3 Å². The second-order valence-corrected chi connectivity index (χ2v) is 11.8. The van der Waals surface area contributed by atoms with Gasteiger partial charge in [-0.15, -0.1) is 0 Å². The minimum Gasteiger partial charge on any atom is -0.444 e. The molecule has 0 spiro atoms. The van der Waals surface area contributed by atoms with E-state index in [0.29, 0.717) is 18.9 Å². The molecule has 0 N–H and O–H groups in total. The molecule has 0 saturated carbocycles. The molecular formula is C28H40ClN5O5. The van der Waals surface area contributed by atoms with Gasteiger partial charge in [-0.3, -0.25) is 0 Å². The highest BCUT2D eigenvalue weighted by molar-refractivity contribution is 6.28. The summed E-state index contributed by atoms with van der Waals surface area (Å²) in [5.41, 5.74) is 1.14. The van der Waals surface area contributed by atoms with E-state index >= 15 is 0 Å². The molecule has 214 valence electrons. The van der Waals surface area contributed by atoms with E-state index in [1.165, 1.54) is 4.90 Å². The molecule has 0 radical (unpaired) electrons. The molecule has 0 atom stereocenters. The maximum Gasteiger partial charge on any atom is 0.410 e. The number of benzene rings is 1. The molecule has 2 aromatic rings. The Hall–Kier alpha value is -3.11. The predicted octanol–water partition coefficient (Wildman–Crippen LogP) is 5.24. The maximum absolute atomic E-state index is 13.1. The number of ether oxygens (including phenoxy) is 3. The topological polar surface area (TPSA) is 97.3 Å². The summed E-state index contributed by atoms with van der Waals surface area (Å²) in [6.45, 7) is 14.4. The van der Waals surface area contributed by atoms with Crippen molar-refractivity contribution < 1.29 is 23.8 Å². The van der Waals surface area contributed by atoms with Crippen molar-refractivity contribution >= 4 is 29.6 Å². The Balaban J connectivity index is 1.79. The first-order valence-electron chi connectivity index (χ1n) is 13.1. The summed E-state index contributed by atoms with van der Waals surface area (Å²) < 4.78 is 16.5. The smallest absolute Gasteiger partial charge is 0.410 e. The first kappa shape index (κ1) is 30.4. The number of amides is 2. The van der Waals surface area contributed by atoms with Crippen molar-refractivity contribution in [3.05, 3.63) is 41.2 Å². The zero-order valence-corrected chi connectivity index (χ0v) is 24.7. The van der Waals surface area contributed by atoms with Crippen molar-refractivity contribution in [2.75, 3.05) is 51.3 Å². The quantitative estimate of drug-likeness (QED) is 0.423. The molecule has 1 saturated heterocycles. The number of morpholine rings is 1. The van der Waals surface area contributed by atoms with Crippen molar-refractivity contribution in [3.8, 4) is 11.3 Å². The molecule has 0 bridgehead atoms. The summed E-state index contributed by atoms with van der Waals surface area (Å²) in [5, 5.41) is 0.167. The number of carbonyl (C=O) groups is 2. The Bertz CT molecular complexity index is 1140. The highest BCUT2D eigenvalue weighted by atomic mass is 35.5. The Morgan fingerprint density at radius 1 is 0.974 bits per heavy atom. The van der Waals surface area contributed by atoms with Gasteiger partial charge in [0.05, 0.1) is 18.9 Å². The van der Waals surface area contributed by atoms with Crippen LogP contribution in [0.25, 0.3) is 11.3 Å². The molecular weight excluding hydrogens is 522 g/mol. The van der Waals surface area contributed by atoms with Crippen LogP contribution >= 0.6 is 11.6 Å². The number of carbonyl (C=O) groups excluding carboxylic acids is 2. The van der Waals surface area contributed by atoms with Gasteiger partial charge in [0.15, 0.2) is 0 Å². The van der Waals surface area contributed by atoms with Gasteiger partial charge in [0, 0.05) is 51.4 Å². The van der Waals surface area contributed by atoms with Crippen LogP contribution in [0.5, 0.6) is 0 Å². The first-order valence-corrected chi connectivity index (χ1v) is 13.5. The fourth-order valence-electron chi connectivity index (χ4n) is 3.82. The standard InChI is InChI=1S/C28H40ClN5O5/c1-27(2,3)38-25(35)32(7)11-12-34(26(36)39-28(4,5)6)19-20-9-8-10-21(17-20)22-18-23(31-24(29)30-22)33-13-15-37-16-14-33/h8-10,17-18H,11-16,19H2,1-7H3. The average molecular weight is 562 g/mol. The number of anilines is 1. The Kier molecular flexibility index (Phi) is 10.0. The fraction of sp³-hybridized carbons (Fsp3) is 0.571. The number of rotatable bonds is 7. The van der Waals surface area contributed by atoms with E-state index in [1.807, 2.05) is 71.9 Å². The maximum atomic E-state index is 13.1. The fourth-order valence-corrected chi connectivity index (χ4v) is 4.00. The minimum atomic E-state index is -0.665. The third-order valence-corrected chi connectivity index (χ3v) is 5.85. The predicted molar refractivity (Wildman–Crippen MR) is 151 cm³/mol. The van der Waals surface area contributed by atoms with Gasteiger partial charge in [-0.1, -0.05) is 18.2 Å². The van der Waals surface area contributed by atoms with Gasteiger partial charge in [0.25, 0.3) is 0 Å². The molecule has 3 rings (SSSR count). The minimum absolute atomic E-state index is 0.167. The van der Waals surface area contributed by atoms with Crippen molar-refractivity contribution in [1.82, 2.24) is 19.8 Å². The molecule has 10 nitrogen and oxygen atoms in total. The normalized spacial score (nSPS) is 14.1. The van der Waals surface area contributed by atoms with Gasteiger partial charge in [-0.25, -0.2) is 19.6 Å². The van der Waals surface area contributed by atoms with E-state index in [1.54, 1.807) is 11.9 Å². The van der Waals surface area contributed by atoms with Gasteiger partial charge in [0.2, 0.25) is 5.28 Å². The third-order valence-electron chi connectivity index (χ3n) is 5.68. The zero-order chi connectivity index (χ0) is 28.8. The summed E-state index contributed by atoms with van der Waals surface area (Å²) in [6.07, 6.45) is -0.921. The van der Waals surface area contributed by atoms with Crippen LogP contribution in [0.2, 0.25) is 5.28 Å². The lowest BCUT2D eigenvalue weighted by atomic mass is 10.1. The van der Waals surface area contributed by atoms with E-state index in [0.717, 1.165) is 30.0 Å². The van der Waals surface area contributed by atoms with Crippen LogP contribution in [0.1, 0.15) is 47.1 Å². The number of aromatic nitrogens is 2. The highest BCUT2D eigenvalue weighted by Gasteiger charge is 2.25. The molecule has 1 aromatic carbocycles. The number of hydrogen-bond acceptors (Lipinski definition) is 8. The molecule has 0 aliphatic carbocycles. The highest BCUT2D eigenvalue weighted by Crippen LogP contribution is 2.26. The number of hydrogen-bond donors (Lipinski definition) is 0. The first-order chi connectivity index (χ1) is 18.2. The number of halogens is 1.